The Hall–Kier alpha value is -2.78. The zero-order valence-corrected chi connectivity index (χ0v) is 14.9. The SMILES string of the molecule is COc1cccc(C(=O)N2CCC(n3nc(C(F)(F)F)n(C)c3=O)CC2)c1. The maximum absolute atomic E-state index is 12.9. The number of benzene rings is 1. The number of aromatic nitrogens is 3. The van der Waals surface area contributed by atoms with E-state index in [4.69, 9.17) is 4.74 Å². The molecular weight excluding hydrogens is 365 g/mol. The highest BCUT2D eigenvalue weighted by Gasteiger charge is 2.39. The first kappa shape index (κ1) is 19.0. The predicted octanol–water partition coefficient (Wildman–Crippen LogP) is 2.09. The molecule has 1 aliphatic rings. The van der Waals surface area contributed by atoms with E-state index < -0.39 is 23.7 Å². The molecular formula is C17H19F3N4O3. The Labute approximate surface area is 152 Å². The maximum Gasteiger partial charge on any atom is 0.451 e. The Kier molecular flexibility index (Phi) is 4.99. The van der Waals surface area contributed by atoms with Gasteiger partial charge in [0.05, 0.1) is 13.2 Å². The molecule has 1 aromatic carbocycles. The second kappa shape index (κ2) is 7.09. The lowest BCUT2D eigenvalue weighted by atomic mass is 10.0. The van der Waals surface area contributed by atoms with E-state index >= 15 is 0 Å². The lowest BCUT2D eigenvalue weighted by Gasteiger charge is -2.31. The van der Waals surface area contributed by atoms with Crippen molar-refractivity contribution in [2.75, 3.05) is 20.2 Å². The quantitative estimate of drug-likeness (QED) is 0.813. The van der Waals surface area contributed by atoms with Crippen molar-refractivity contribution < 1.29 is 22.7 Å². The fraction of sp³-hybridized carbons (Fsp3) is 0.471. The summed E-state index contributed by atoms with van der Waals surface area (Å²) in [6, 6.07) is 6.28. The van der Waals surface area contributed by atoms with Crippen molar-refractivity contribution in [1.29, 1.82) is 0 Å². The van der Waals surface area contributed by atoms with Crippen LogP contribution in [0, 0.1) is 0 Å². The molecule has 0 saturated carbocycles. The second-order valence-corrected chi connectivity index (χ2v) is 6.36. The molecule has 3 rings (SSSR count). The van der Waals surface area contributed by atoms with Crippen molar-refractivity contribution in [2.24, 2.45) is 7.05 Å². The second-order valence-electron chi connectivity index (χ2n) is 6.36. The van der Waals surface area contributed by atoms with Crippen LogP contribution in [0.1, 0.15) is 35.1 Å². The summed E-state index contributed by atoms with van der Waals surface area (Å²) in [5.74, 6) is -0.838. The zero-order chi connectivity index (χ0) is 19.8. The number of hydrogen-bond donors (Lipinski definition) is 0. The smallest absolute Gasteiger partial charge is 0.451 e. The van der Waals surface area contributed by atoms with E-state index in [-0.39, 0.29) is 5.91 Å². The highest BCUT2D eigenvalue weighted by atomic mass is 19.4. The van der Waals surface area contributed by atoms with Gasteiger partial charge in [-0.1, -0.05) is 6.07 Å². The first-order valence-electron chi connectivity index (χ1n) is 8.38. The van der Waals surface area contributed by atoms with E-state index in [9.17, 15) is 22.8 Å². The van der Waals surface area contributed by atoms with Crippen LogP contribution < -0.4 is 10.4 Å². The van der Waals surface area contributed by atoms with Crippen LogP contribution in [0.5, 0.6) is 5.75 Å². The minimum Gasteiger partial charge on any atom is -0.497 e. The van der Waals surface area contributed by atoms with E-state index in [0.717, 1.165) is 11.7 Å². The summed E-state index contributed by atoms with van der Waals surface area (Å²) in [7, 11) is 2.56. The highest BCUT2D eigenvalue weighted by Crippen LogP contribution is 2.28. The van der Waals surface area contributed by atoms with Gasteiger partial charge in [0.25, 0.3) is 5.91 Å². The van der Waals surface area contributed by atoms with E-state index in [0.29, 0.717) is 41.8 Å². The monoisotopic (exact) mass is 384 g/mol. The van der Waals surface area contributed by atoms with Crippen LogP contribution in [-0.2, 0) is 13.2 Å². The number of likely N-dealkylation sites (tertiary alicyclic amines) is 1. The molecule has 0 aliphatic carbocycles. The highest BCUT2D eigenvalue weighted by molar-refractivity contribution is 5.94. The van der Waals surface area contributed by atoms with Gasteiger partial charge in [0, 0.05) is 25.7 Å². The van der Waals surface area contributed by atoms with E-state index in [2.05, 4.69) is 5.10 Å². The van der Waals surface area contributed by atoms with Gasteiger partial charge in [-0.2, -0.15) is 13.2 Å². The molecule has 0 atom stereocenters. The van der Waals surface area contributed by atoms with Crippen LogP contribution in [0.2, 0.25) is 0 Å². The van der Waals surface area contributed by atoms with Gasteiger partial charge < -0.3 is 9.64 Å². The standard InChI is InChI=1S/C17H19F3N4O3/c1-22-15(17(18,19)20)21-24(16(22)26)12-6-8-23(9-7-12)14(25)11-4-3-5-13(10-11)27-2/h3-5,10,12H,6-9H2,1-2H3. The average Bonchev–Trinajstić information content (AvgIpc) is 2.96. The first-order chi connectivity index (χ1) is 12.7. The Morgan fingerprint density at radius 2 is 1.93 bits per heavy atom. The Morgan fingerprint density at radius 3 is 2.48 bits per heavy atom. The minimum atomic E-state index is -4.69. The predicted molar refractivity (Wildman–Crippen MR) is 89.6 cm³/mol. The number of hydrogen-bond acceptors (Lipinski definition) is 4. The van der Waals surface area contributed by atoms with Gasteiger partial charge in [-0.15, -0.1) is 5.10 Å². The van der Waals surface area contributed by atoms with Crippen molar-refractivity contribution >= 4 is 5.91 Å². The van der Waals surface area contributed by atoms with Crippen molar-refractivity contribution in [3.8, 4) is 5.75 Å². The largest absolute Gasteiger partial charge is 0.497 e. The third kappa shape index (κ3) is 3.69. The van der Waals surface area contributed by atoms with Gasteiger partial charge in [0.1, 0.15) is 5.75 Å². The lowest BCUT2D eigenvalue weighted by Crippen LogP contribution is -2.41. The number of rotatable bonds is 3. The number of nitrogens with zero attached hydrogens (tertiary/aromatic N) is 4. The Balaban J connectivity index is 1.72. The molecule has 0 radical (unpaired) electrons. The number of halogens is 3. The Bertz CT molecular complexity index is 896. The molecule has 0 spiro atoms. The number of amides is 1. The fourth-order valence-electron chi connectivity index (χ4n) is 3.19. The van der Waals surface area contributed by atoms with Gasteiger partial charge in [-0.3, -0.25) is 9.36 Å². The third-order valence-electron chi connectivity index (χ3n) is 4.67. The zero-order valence-electron chi connectivity index (χ0n) is 14.9. The fourth-order valence-corrected chi connectivity index (χ4v) is 3.19. The first-order valence-corrected chi connectivity index (χ1v) is 8.38. The van der Waals surface area contributed by atoms with E-state index in [1.54, 1.807) is 29.2 Å². The molecule has 0 unspecified atom stereocenters. The van der Waals surface area contributed by atoms with Crippen LogP contribution in [0.4, 0.5) is 13.2 Å². The van der Waals surface area contributed by atoms with Crippen molar-refractivity contribution in [3.05, 3.63) is 46.1 Å². The molecule has 1 fully saturated rings. The molecule has 10 heteroatoms. The summed E-state index contributed by atoms with van der Waals surface area (Å²) < 4.78 is 45.3. The molecule has 1 saturated heterocycles. The average molecular weight is 384 g/mol. The third-order valence-corrected chi connectivity index (χ3v) is 4.67. The summed E-state index contributed by atoms with van der Waals surface area (Å²) in [5, 5.41) is 3.48. The van der Waals surface area contributed by atoms with Gasteiger partial charge >= 0.3 is 11.9 Å². The maximum atomic E-state index is 12.9. The topological polar surface area (TPSA) is 69.4 Å². The van der Waals surface area contributed by atoms with Crippen molar-refractivity contribution in [1.82, 2.24) is 19.2 Å². The number of alkyl halides is 3. The number of ether oxygens (including phenoxy) is 1. The van der Waals surface area contributed by atoms with Crippen LogP contribution >= 0.6 is 0 Å². The lowest BCUT2D eigenvalue weighted by molar-refractivity contribution is -0.147. The van der Waals surface area contributed by atoms with E-state index in [1.807, 2.05) is 0 Å². The number of methoxy groups -OCH3 is 1. The van der Waals surface area contributed by atoms with Crippen molar-refractivity contribution in [2.45, 2.75) is 25.1 Å². The summed E-state index contributed by atoms with van der Waals surface area (Å²) in [6.45, 7) is 0.649. The summed E-state index contributed by atoms with van der Waals surface area (Å²) in [4.78, 5) is 26.3. The molecule has 7 nitrogen and oxygen atoms in total. The van der Waals surface area contributed by atoms with Gasteiger partial charge in [-0.05, 0) is 31.0 Å². The molecule has 2 heterocycles. The van der Waals surface area contributed by atoms with Gasteiger partial charge in [-0.25, -0.2) is 9.48 Å². The molecule has 0 bridgehead atoms. The molecule has 146 valence electrons. The van der Waals surface area contributed by atoms with Crippen LogP contribution in [0.3, 0.4) is 0 Å². The van der Waals surface area contributed by atoms with Crippen LogP contribution in [0.25, 0.3) is 0 Å². The minimum absolute atomic E-state index is 0.184. The Morgan fingerprint density at radius 1 is 1.26 bits per heavy atom. The van der Waals surface area contributed by atoms with Crippen LogP contribution in [0.15, 0.2) is 29.1 Å². The van der Waals surface area contributed by atoms with Gasteiger partial charge in [0.2, 0.25) is 5.82 Å². The van der Waals surface area contributed by atoms with Gasteiger partial charge in [0.15, 0.2) is 0 Å². The molecule has 1 aromatic heterocycles. The molecule has 0 N–H and O–H groups in total. The molecule has 2 aromatic rings. The molecule has 27 heavy (non-hydrogen) atoms. The normalized spacial score (nSPS) is 15.8. The van der Waals surface area contributed by atoms with Crippen molar-refractivity contribution in [3.63, 3.8) is 0 Å². The number of piperidine rings is 1. The summed E-state index contributed by atoms with van der Waals surface area (Å²) in [6.07, 6.45) is -3.99. The summed E-state index contributed by atoms with van der Waals surface area (Å²) >= 11 is 0. The number of carbonyl (C=O) groups is 1. The molecule has 1 amide bonds. The molecule has 1 aliphatic heterocycles. The van der Waals surface area contributed by atoms with E-state index in [1.165, 1.54) is 7.11 Å². The number of carbonyl (C=O) groups excluding carboxylic acids is 1. The van der Waals surface area contributed by atoms with Crippen LogP contribution in [-0.4, -0.2) is 45.4 Å². The summed E-state index contributed by atoms with van der Waals surface area (Å²) in [5.41, 5.74) is -0.331.